The van der Waals surface area contributed by atoms with Crippen LogP contribution in [0.3, 0.4) is 0 Å². The molecule has 5 nitrogen and oxygen atoms in total. The van der Waals surface area contributed by atoms with Gasteiger partial charge >= 0.3 is 21.6 Å². The fourth-order valence-electron chi connectivity index (χ4n) is 4.73. The van der Waals surface area contributed by atoms with Gasteiger partial charge in [-0.2, -0.15) is 21.6 Å². The SMILES string of the molecule is CC1(C)CCC(C)(C)c2cc(-c3cc(-c4ccc(C(=O)O)cc4)ccc3OS(=O)(=O)C(F)(F)F)ccc21.CCCl. The van der Waals surface area contributed by atoms with Gasteiger partial charge in [0.1, 0.15) is 0 Å². The molecule has 0 amide bonds. The number of fused-ring (bicyclic) bond motifs is 1. The molecule has 0 unspecified atom stereocenters. The van der Waals surface area contributed by atoms with Crippen molar-refractivity contribution >= 4 is 27.7 Å². The van der Waals surface area contributed by atoms with Gasteiger partial charge in [-0.1, -0.05) is 71.0 Å². The van der Waals surface area contributed by atoms with Gasteiger partial charge in [-0.05, 0) is 75.8 Å². The number of rotatable bonds is 5. The van der Waals surface area contributed by atoms with Crippen LogP contribution in [-0.4, -0.2) is 30.9 Å². The van der Waals surface area contributed by atoms with Crippen molar-refractivity contribution in [3.05, 3.63) is 77.4 Å². The minimum Gasteiger partial charge on any atom is -0.478 e. The zero-order valence-corrected chi connectivity index (χ0v) is 24.5. The van der Waals surface area contributed by atoms with E-state index in [1.165, 1.54) is 24.3 Å². The number of halogens is 4. The van der Waals surface area contributed by atoms with Crippen LogP contribution in [-0.2, 0) is 20.9 Å². The van der Waals surface area contributed by atoms with E-state index in [0.717, 1.165) is 29.8 Å². The van der Waals surface area contributed by atoms with E-state index in [9.17, 15) is 26.4 Å². The number of aromatic carboxylic acids is 1. The molecule has 0 saturated heterocycles. The summed E-state index contributed by atoms with van der Waals surface area (Å²) in [4.78, 5) is 11.2. The molecule has 3 aromatic rings. The number of carboxylic acid groups (broad SMARTS) is 1. The summed E-state index contributed by atoms with van der Waals surface area (Å²) in [5.41, 5.74) is -1.75. The normalized spacial score (nSPS) is 15.8. The summed E-state index contributed by atoms with van der Waals surface area (Å²) < 4.78 is 67.8. The number of hydrogen-bond acceptors (Lipinski definition) is 4. The molecule has 216 valence electrons. The number of alkyl halides is 4. The maximum Gasteiger partial charge on any atom is 0.534 e. The van der Waals surface area contributed by atoms with E-state index in [1.54, 1.807) is 24.3 Å². The van der Waals surface area contributed by atoms with Crippen LogP contribution in [0.4, 0.5) is 13.2 Å². The highest BCUT2D eigenvalue weighted by molar-refractivity contribution is 7.88. The maximum atomic E-state index is 13.2. The largest absolute Gasteiger partial charge is 0.534 e. The van der Waals surface area contributed by atoms with Gasteiger partial charge in [0.2, 0.25) is 0 Å². The van der Waals surface area contributed by atoms with Crippen LogP contribution in [0.1, 0.15) is 68.9 Å². The summed E-state index contributed by atoms with van der Waals surface area (Å²) in [6.07, 6.45) is 1.89. The van der Waals surface area contributed by atoms with Crippen molar-refractivity contribution in [2.24, 2.45) is 0 Å². The van der Waals surface area contributed by atoms with Crippen molar-refractivity contribution in [1.82, 2.24) is 0 Å². The molecular formula is C30H32ClF3O5S. The first kappa shape index (κ1) is 31.5. The van der Waals surface area contributed by atoms with Gasteiger partial charge in [-0.25, -0.2) is 4.79 Å². The van der Waals surface area contributed by atoms with Crippen LogP contribution < -0.4 is 4.18 Å². The lowest BCUT2D eigenvalue weighted by Gasteiger charge is -2.42. The minimum atomic E-state index is -5.90. The van der Waals surface area contributed by atoms with Gasteiger partial charge in [-0.3, -0.25) is 0 Å². The highest BCUT2D eigenvalue weighted by Crippen LogP contribution is 2.48. The Hall–Kier alpha value is -3.04. The van der Waals surface area contributed by atoms with Gasteiger partial charge in [-0.15, -0.1) is 11.6 Å². The van der Waals surface area contributed by atoms with E-state index in [-0.39, 0.29) is 22.0 Å². The lowest BCUT2D eigenvalue weighted by atomic mass is 9.63. The Balaban J connectivity index is 0.00000141. The fraction of sp³-hybridized carbons (Fsp3) is 0.367. The van der Waals surface area contributed by atoms with E-state index in [1.807, 2.05) is 19.1 Å². The first-order valence-electron chi connectivity index (χ1n) is 12.6. The monoisotopic (exact) mass is 596 g/mol. The van der Waals surface area contributed by atoms with Gasteiger partial charge in [0.05, 0.1) is 5.56 Å². The van der Waals surface area contributed by atoms with Crippen LogP contribution >= 0.6 is 11.6 Å². The number of benzene rings is 3. The Bertz CT molecular complexity index is 1490. The van der Waals surface area contributed by atoms with Crippen LogP contribution in [0.25, 0.3) is 22.3 Å². The van der Waals surface area contributed by atoms with Crippen molar-refractivity contribution in [1.29, 1.82) is 0 Å². The molecule has 40 heavy (non-hydrogen) atoms. The standard InChI is InChI=1S/C28H27F3O5S.C2H5Cl/c1-26(2)13-14-27(3,4)23-16-20(9-11-22(23)26)21-15-19(17-5-7-18(8-6-17)25(32)33)10-12-24(21)36-37(34,35)28(29,30)31;1-2-3/h5-12,15-16H,13-14H2,1-4H3,(H,32,33);2H2,1H3. The summed E-state index contributed by atoms with van der Waals surface area (Å²) in [5.74, 6) is -0.816. The Labute approximate surface area is 238 Å². The molecule has 0 heterocycles. The van der Waals surface area contributed by atoms with Crippen molar-refractivity contribution in [2.75, 3.05) is 5.88 Å². The first-order chi connectivity index (χ1) is 18.4. The second-order valence-corrected chi connectivity index (χ2v) is 12.9. The van der Waals surface area contributed by atoms with Gasteiger partial charge in [0, 0.05) is 11.4 Å². The molecule has 10 heteroatoms. The zero-order chi connectivity index (χ0) is 30.1. The topological polar surface area (TPSA) is 80.7 Å². The third-order valence-corrected chi connectivity index (χ3v) is 8.06. The number of carbonyl (C=O) groups is 1. The molecule has 1 aliphatic carbocycles. The van der Waals surface area contributed by atoms with E-state index in [0.29, 0.717) is 16.7 Å². The third kappa shape index (κ3) is 6.63. The molecule has 1 aliphatic rings. The second-order valence-electron chi connectivity index (χ2n) is 10.9. The molecule has 0 aromatic heterocycles. The van der Waals surface area contributed by atoms with Gasteiger partial charge in [0.15, 0.2) is 5.75 Å². The summed E-state index contributed by atoms with van der Waals surface area (Å²) >= 11 is 5.00. The molecule has 1 N–H and O–H groups in total. The molecule has 0 spiro atoms. The van der Waals surface area contributed by atoms with Crippen LogP contribution in [0.2, 0.25) is 0 Å². The van der Waals surface area contributed by atoms with Crippen molar-refractivity contribution in [2.45, 2.75) is 63.8 Å². The zero-order valence-electron chi connectivity index (χ0n) is 22.9. The molecule has 0 atom stereocenters. The van der Waals surface area contributed by atoms with Crippen LogP contribution in [0, 0.1) is 0 Å². The molecule has 0 aliphatic heterocycles. The van der Waals surface area contributed by atoms with Crippen molar-refractivity contribution in [3.8, 4) is 28.0 Å². The summed E-state index contributed by atoms with van der Waals surface area (Å²) in [5, 5.41) is 9.16. The average molecular weight is 597 g/mol. The lowest BCUT2D eigenvalue weighted by Crippen LogP contribution is -2.33. The Morgan fingerprint density at radius 3 is 1.90 bits per heavy atom. The predicted molar refractivity (Wildman–Crippen MR) is 152 cm³/mol. The quantitative estimate of drug-likeness (QED) is 0.181. The van der Waals surface area contributed by atoms with Gasteiger partial charge in [0.25, 0.3) is 0 Å². The third-order valence-electron chi connectivity index (χ3n) is 7.09. The smallest absolute Gasteiger partial charge is 0.478 e. The molecule has 4 rings (SSSR count). The lowest BCUT2D eigenvalue weighted by molar-refractivity contribution is -0.0499. The van der Waals surface area contributed by atoms with Crippen molar-refractivity contribution in [3.63, 3.8) is 0 Å². The fourth-order valence-corrected chi connectivity index (χ4v) is 5.21. The van der Waals surface area contributed by atoms with Crippen LogP contribution in [0.15, 0.2) is 60.7 Å². The summed E-state index contributed by atoms with van der Waals surface area (Å²) in [6, 6.07) is 15.8. The Morgan fingerprint density at radius 2 is 1.38 bits per heavy atom. The van der Waals surface area contributed by atoms with E-state index >= 15 is 0 Å². The van der Waals surface area contributed by atoms with E-state index in [2.05, 4.69) is 31.9 Å². The van der Waals surface area contributed by atoms with E-state index in [4.69, 9.17) is 16.7 Å². The molecule has 0 saturated carbocycles. The number of carboxylic acids is 1. The van der Waals surface area contributed by atoms with Crippen LogP contribution in [0.5, 0.6) is 5.75 Å². The molecule has 0 radical (unpaired) electrons. The summed E-state index contributed by atoms with van der Waals surface area (Å²) in [6.45, 7) is 10.4. The second kappa shape index (κ2) is 11.4. The first-order valence-corrected chi connectivity index (χ1v) is 14.6. The maximum absolute atomic E-state index is 13.2. The molecule has 0 fully saturated rings. The highest BCUT2D eigenvalue weighted by atomic mass is 35.5. The van der Waals surface area contributed by atoms with E-state index < -0.39 is 27.3 Å². The van der Waals surface area contributed by atoms with Gasteiger partial charge < -0.3 is 9.29 Å². The molecule has 0 bridgehead atoms. The predicted octanol–water partition coefficient (Wildman–Crippen LogP) is 8.54. The Morgan fingerprint density at radius 1 is 0.875 bits per heavy atom. The molecule has 3 aromatic carbocycles. The average Bonchev–Trinajstić information content (AvgIpc) is 2.86. The van der Waals surface area contributed by atoms with Crippen molar-refractivity contribution < 1.29 is 35.7 Å². The Kier molecular flexibility index (Phi) is 9.01. The highest BCUT2D eigenvalue weighted by Gasteiger charge is 2.49. The summed E-state index contributed by atoms with van der Waals surface area (Å²) in [7, 11) is -5.90. The minimum absolute atomic E-state index is 0.0831. The number of hydrogen-bond donors (Lipinski definition) is 1. The molecular weight excluding hydrogens is 565 g/mol.